The Balaban J connectivity index is 1.10. The molecule has 1 atom stereocenters. The first-order valence-corrected chi connectivity index (χ1v) is 15.1. The highest BCUT2D eigenvalue weighted by molar-refractivity contribution is 7.14. The maximum Gasteiger partial charge on any atom is 0.267 e. The molecular formula is C32H24FN7O6S. The van der Waals surface area contributed by atoms with E-state index in [1.165, 1.54) is 29.2 Å². The number of nitrogens with one attached hydrogen (secondary N) is 1. The van der Waals surface area contributed by atoms with Gasteiger partial charge in [-0.3, -0.25) is 28.9 Å². The van der Waals surface area contributed by atoms with Gasteiger partial charge in [0.25, 0.3) is 23.6 Å². The average Bonchev–Trinajstić information content (AvgIpc) is 3.72. The molecule has 13 nitrogen and oxygen atoms in total. The van der Waals surface area contributed by atoms with Crippen molar-refractivity contribution in [3.05, 3.63) is 94.9 Å². The van der Waals surface area contributed by atoms with Crippen LogP contribution in [0.4, 0.5) is 21.7 Å². The number of primary amides is 1. The lowest BCUT2D eigenvalue weighted by molar-refractivity contribution is -0.138. The first kappa shape index (κ1) is 29.9. The third-order valence-electron chi connectivity index (χ3n) is 7.92. The van der Waals surface area contributed by atoms with Crippen LogP contribution in [-0.4, -0.2) is 62.9 Å². The molecule has 0 aliphatic carbocycles. The minimum absolute atomic E-state index is 0.0509. The van der Waals surface area contributed by atoms with Gasteiger partial charge in [-0.15, -0.1) is 5.10 Å². The predicted octanol–water partition coefficient (Wildman–Crippen LogP) is 3.59. The second-order valence-electron chi connectivity index (χ2n) is 10.9. The summed E-state index contributed by atoms with van der Waals surface area (Å²) in [5.74, 6) is -3.03. The smallest absolute Gasteiger partial charge is 0.267 e. The third-order valence-corrected chi connectivity index (χ3v) is 8.79. The van der Waals surface area contributed by atoms with E-state index < -0.39 is 35.6 Å². The lowest BCUT2D eigenvalue weighted by Crippen LogP contribution is -2.49. The topological polar surface area (TPSA) is 170 Å². The number of aryl methyl sites for hydroxylation is 1. The molecule has 15 heteroatoms. The Hall–Kier alpha value is -5.80. The zero-order chi connectivity index (χ0) is 33.0. The van der Waals surface area contributed by atoms with Crippen molar-refractivity contribution in [1.82, 2.24) is 14.2 Å². The number of benzene rings is 3. The summed E-state index contributed by atoms with van der Waals surface area (Å²) in [4.78, 5) is 67.8. The molecule has 7 rings (SSSR count). The number of hydrogen-bond acceptors (Lipinski definition) is 9. The SMILES string of the molecule is Cc1cc(N2CCO[C@H](CC(=O)Nc3ccc4c(N5C(=O)c6ccccc6C5=O)nsc4c3C(N)=O)C2=O)nn1-c1ccc(F)cc1. The van der Waals surface area contributed by atoms with Gasteiger partial charge in [-0.05, 0) is 67.0 Å². The van der Waals surface area contributed by atoms with Crippen LogP contribution in [0.3, 0.4) is 0 Å². The number of nitrogens with zero attached hydrogens (tertiary/aromatic N) is 5. The van der Waals surface area contributed by atoms with Crippen LogP contribution in [-0.2, 0) is 14.3 Å². The molecule has 4 heterocycles. The molecule has 5 aromatic rings. The summed E-state index contributed by atoms with van der Waals surface area (Å²) in [7, 11) is 0. The fourth-order valence-corrected chi connectivity index (χ4v) is 6.62. The van der Waals surface area contributed by atoms with Crippen LogP contribution in [0.25, 0.3) is 15.8 Å². The van der Waals surface area contributed by atoms with Crippen molar-refractivity contribution in [2.24, 2.45) is 5.73 Å². The summed E-state index contributed by atoms with van der Waals surface area (Å²) in [6.45, 7) is 2.15. The Bertz CT molecular complexity index is 2110. The van der Waals surface area contributed by atoms with E-state index in [1.54, 1.807) is 54.1 Å². The Morgan fingerprint density at radius 3 is 2.43 bits per heavy atom. The lowest BCUT2D eigenvalue weighted by Gasteiger charge is -2.30. The molecule has 0 spiro atoms. The Kier molecular flexibility index (Phi) is 7.33. The fraction of sp³-hybridized carbons (Fsp3) is 0.156. The summed E-state index contributed by atoms with van der Waals surface area (Å²) in [6.07, 6.45) is -1.50. The molecular weight excluding hydrogens is 629 g/mol. The molecule has 2 aliphatic heterocycles. The number of rotatable bonds is 7. The lowest BCUT2D eigenvalue weighted by atomic mass is 10.1. The first-order chi connectivity index (χ1) is 22.6. The number of carbonyl (C=O) groups excluding carboxylic acids is 5. The largest absolute Gasteiger partial charge is 0.366 e. The number of aromatic nitrogens is 3. The van der Waals surface area contributed by atoms with Crippen molar-refractivity contribution in [3.63, 3.8) is 0 Å². The van der Waals surface area contributed by atoms with Crippen LogP contribution in [0.2, 0.25) is 0 Å². The van der Waals surface area contributed by atoms with Crippen LogP contribution in [0.1, 0.15) is 43.2 Å². The number of carbonyl (C=O) groups is 5. The van der Waals surface area contributed by atoms with Gasteiger partial charge in [0.05, 0.1) is 52.3 Å². The van der Waals surface area contributed by atoms with Crippen molar-refractivity contribution in [2.75, 3.05) is 28.3 Å². The summed E-state index contributed by atoms with van der Waals surface area (Å²) >= 11 is 0.855. The highest BCUT2D eigenvalue weighted by atomic mass is 32.1. The van der Waals surface area contributed by atoms with Gasteiger partial charge in [0, 0.05) is 17.1 Å². The molecule has 1 saturated heterocycles. The van der Waals surface area contributed by atoms with Crippen molar-refractivity contribution in [2.45, 2.75) is 19.4 Å². The summed E-state index contributed by atoms with van der Waals surface area (Å²) in [5.41, 5.74) is 7.55. The number of ether oxygens (including phenoxy) is 1. The number of amides is 5. The van der Waals surface area contributed by atoms with E-state index in [9.17, 15) is 28.4 Å². The number of anilines is 3. The number of nitrogens with two attached hydrogens (primary N) is 1. The Labute approximate surface area is 269 Å². The number of hydrogen-bond donors (Lipinski definition) is 2. The van der Waals surface area contributed by atoms with E-state index >= 15 is 0 Å². The molecule has 1 fully saturated rings. The predicted molar refractivity (Wildman–Crippen MR) is 169 cm³/mol. The molecule has 3 aromatic carbocycles. The number of imide groups is 1. The second kappa shape index (κ2) is 11.5. The minimum atomic E-state index is -1.13. The zero-order valence-corrected chi connectivity index (χ0v) is 25.4. The average molecular weight is 654 g/mol. The van der Waals surface area contributed by atoms with Gasteiger partial charge in [-0.1, -0.05) is 12.1 Å². The van der Waals surface area contributed by atoms with E-state index in [-0.39, 0.29) is 58.3 Å². The minimum Gasteiger partial charge on any atom is -0.366 e. The third kappa shape index (κ3) is 5.10. The summed E-state index contributed by atoms with van der Waals surface area (Å²) < 4.78 is 25.2. The van der Waals surface area contributed by atoms with Gasteiger partial charge >= 0.3 is 0 Å². The Morgan fingerprint density at radius 1 is 1.04 bits per heavy atom. The van der Waals surface area contributed by atoms with Crippen LogP contribution < -0.4 is 20.9 Å². The molecule has 47 heavy (non-hydrogen) atoms. The molecule has 3 N–H and O–H groups in total. The van der Waals surface area contributed by atoms with Crippen LogP contribution in [0, 0.1) is 12.7 Å². The van der Waals surface area contributed by atoms with Gasteiger partial charge in [-0.2, -0.15) is 4.37 Å². The zero-order valence-electron chi connectivity index (χ0n) is 24.6. The quantitative estimate of drug-likeness (QED) is 0.251. The molecule has 0 radical (unpaired) electrons. The molecule has 2 aliphatic rings. The highest BCUT2D eigenvalue weighted by Crippen LogP contribution is 2.38. The van der Waals surface area contributed by atoms with Crippen molar-refractivity contribution >= 4 is 68.5 Å². The standard InChI is InChI=1S/C32H24FN7O6S/c1-16-14-24(36-40(16)18-8-6-17(33)7-9-18)38-12-13-46-23(32(38)45)15-25(41)35-22-11-10-21-27(26(22)28(34)42)47-37-29(21)39-30(43)19-4-2-3-5-20(19)31(39)44/h2-11,14,23H,12-13,15H2,1H3,(H2,34,42)(H,35,41)/t23-/m1/s1. The maximum atomic E-state index is 13.4. The van der Waals surface area contributed by atoms with E-state index in [4.69, 9.17) is 10.5 Å². The number of halogens is 1. The Morgan fingerprint density at radius 2 is 1.74 bits per heavy atom. The fourth-order valence-electron chi connectivity index (χ4n) is 5.70. The van der Waals surface area contributed by atoms with Crippen molar-refractivity contribution < 1.29 is 33.1 Å². The van der Waals surface area contributed by atoms with Gasteiger partial charge in [0.15, 0.2) is 11.6 Å². The monoisotopic (exact) mass is 653 g/mol. The van der Waals surface area contributed by atoms with E-state index in [0.29, 0.717) is 22.6 Å². The number of fused-ring (bicyclic) bond motifs is 2. The molecule has 5 amide bonds. The summed E-state index contributed by atoms with van der Waals surface area (Å²) in [6, 6.07) is 16.8. The van der Waals surface area contributed by atoms with Crippen LogP contribution >= 0.6 is 11.5 Å². The van der Waals surface area contributed by atoms with Crippen LogP contribution in [0.5, 0.6) is 0 Å². The normalized spacial score (nSPS) is 16.2. The molecule has 2 aromatic heterocycles. The maximum absolute atomic E-state index is 13.4. The molecule has 0 unspecified atom stereocenters. The molecule has 0 bridgehead atoms. The van der Waals surface area contributed by atoms with Gasteiger partial charge in [-0.25, -0.2) is 14.0 Å². The molecule has 236 valence electrons. The van der Waals surface area contributed by atoms with Crippen molar-refractivity contribution in [3.8, 4) is 5.69 Å². The van der Waals surface area contributed by atoms with Crippen LogP contribution in [0.15, 0.2) is 66.7 Å². The van der Waals surface area contributed by atoms with Gasteiger partial charge in [0.1, 0.15) is 11.9 Å². The van der Waals surface area contributed by atoms with Crippen molar-refractivity contribution in [1.29, 1.82) is 0 Å². The first-order valence-electron chi connectivity index (χ1n) is 14.4. The number of morpholine rings is 1. The van der Waals surface area contributed by atoms with E-state index in [0.717, 1.165) is 16.4 Å². The van der Waals surface area contributed by atoms with E-state index in [2.05, 4.69) is 14.8 Å². The highest BCUT2D eigenvalue weighted by Gasteiger charge is 2.39. The summed E-state index contributed by atoms with van der Waals surface area (Å²) in [5, 5.41) is 7.49. The van der Waals surface area contributed by atoms with Gasteiger partial charge < -0.3 is 15.8 Å². The second-order valence-corrected chi connectivity index (χ2v) is 11.6. The van der Waals surface area contributed by atoms with Gasteiger partial charge in [0.2, 0.25) is 5.91 Å². The van der Waals surface area contributed by atoms with E-state index in [1.807, 2.05) is 0 Å². The molecule has 0 saturated carbocycles.